The van der Waals surface area contributed by atoms with E-state index in [4.69, 9.17) is 23.8 Å². The molecular weight excluding hydrogens is 366 g/mol. The normalized spacial score (nSPS) is 15.4. The second kappa shape index (κ2) is 12.8. The second-order valence-electron chi connectivity index (χ2n) is 8.25. The van der Waals surface area contributed by atoms with Gasteiger partial charge in [0.05, 0.1) is 13.2 Å². The molecule has 0 aliphatic rings. The zero-order valence-electron chi connectivity index (χ0n) is 17.5. The minimum atomic E-state index is -2.15. The number of aliphatic hydroxyl groups excluding tert-OH is 1. The van der Waals surface area contributed by atoms with Gasteiger partial charge >= 0.3 is 8.56 Å². The van der Waals surface area contributed by atoms with E-state index in [0.29, 0.717) is 13.2 Å². The zero-order valence-corrected chi connectivity index (χ0v) is 20.5. The first-order chi connectivity index (χ1) is 11.6. The lowest BCUT2D eigenvalue weighted by Gasteiger charge is -2.40. The first kappa shape index (κ1) is 25.5. The van der Waals surface area contributed by atoms with Crippen molar-refractivity contribution in [2.45, 2.75) is 83.5 Å². The van der Waals surface area contributed by atoms with Gasteiger partial charge in [0.1, 0.15) is 0 Å². The van der Waals surface area contributed by atoms with Crippen molar-refractivity contribution in [3.8, 4) is 0 Å². The second-order valence-corrected chi connectivity index (χ2v) is 20.6. The van der Waals surface area contributed by atoms with Gasteiger partial charge < -0.3 is 23.8 Å². The SMILES string of the molecule is CCCC[Si](C)(CCCN)O[Si](C)(C)O[Si](C)(C)CCCOCCO. The largest absolute Gasteiger partial charge is 0.437 e. The Bertz CT molecular complexity index is 336. The van der Waals surface area contributed by atoms with Crippen LogP contribution in [0.1, 0.15) is 32.6 Å². The molecule has 0 heterocycles. The van der Waals surface area contributed by atoms with Gasteiger partial charge in [-0.1, -0.05) is 19.8 Å². The highest BCUT2D eigenvalue weighted by Gasteiger charge is 2.40. The molecule has 0 radical (unpaired) electrons. The molecule has 8 heteroatoms. The Kier molecular flexibility index (Phi) is 13.0. The number of aliphatic hydroxyl groups is 1. The summed E-state index contributed by atoms with van der Waals surface area (Å²) in [6, 6.07) is 3.41. The Hall–Kier alpha value is 0.451. The van der Waals surface area contributed by atoms with Crippen molar-refractivity contribution in [2.24, 2.45) is 5.73 Å². The Morgan fingerprint density at radius 3 is 2.04 bits per heavy atom. The third-order valence-corrected chi connectivity index (χ3v) is 16.8. The number of hydrogen-bond acceptors (Lipinski definition) is 5. The van der Waals surface area contributed by atoms with Crippen molar-refractivity contribution in [1.82, 2.24) is 0 Å². The summed E-state index contributed by atoms with van der Waals surface area (Å²) in [6.45, 7) is 15.6. The van der Waals surface area contributed by atoms with Crippen molar-refractivity contribution in [2.75, 3.05) is 26.4 Å². The summed E-state index contributed by atoms with van der Waals surface area (Å²) >= 11 is 0. The minimum absolute atomic E-state index is 0.0921. The van der Waals surface area contributed by atoms with Gasteiger partial charge in [-0.15, -0.1) is 0 Å². The fourth-order valence-electron chi connectivity index (χ4n) is 3.35. The Morgan fingerprint density at radius 2 is 1.48 bits per heavy atom. The zero-order chi connectivity index (χ0) is 19.4. The van der Waals surface area contributed by atoms with Crippen molar-refractivity contribution < 1.29 is 18.1 Å². The molecule has 0 aromatic carbocycles. The molecule has 1 atom stereocenters. The van der Waals surface area contributed by atoms with E-state index in [0.717, 1.165) is 31.5 Å². The Balaban J connectivity index is 4.61. The molecule has 0 bridgehead atoms. The maximum atomic E-state index is 8.75. The van der Waals surface area contributed by atoms with E-state index >= 15 is 0 Å². The van der Waals surface area contributed by atoms with E-state index in [1.807, 2.05) is 0 Å². The van der Waals surface area contributed by atoms with Crippen LogP contribution in [-0.2, 0) is 13.0 Å². The van der Waals surface area contributed by atoms with Crippen LogP contribution < -0.4 is 5.73 Å². The summed E-state index contributed by atoms with van der Waals surface area (Å²) in [5.74, 6) is 0. The molecule has 0 aromatic heterocycles. The predicted octanol–water partition coefficient (Wildman–Crippen LogP) is 4.05. The van der Waals surface area contributed by atoms with E-state index in [2.05, 4.69) is 39.7 Å². The molecule has 0 aromatic rings. The summed E-state index contributed by atoms with van der Waals surface area (Å²) in [5, 5.41) is 8.75. The number of nitrogens with two attached hydrogens (primary N) is 1. The lowest BCUT2D eigenvalue weighted by molar-refractivity contribution is 0.0923. The highest BCUT2D eigenvalue weighted by atomic mass is 28.5. The predicted molar refractivity (Wildman–Crippen MR) is 114 cm³/mol. The lowest BCUT2D eigenvalue weighted by Crippen LogP contribution is -2.53. The highest BCUT2D eigenvalue weighted by molar-refractivity contribution is 6.88. The number of hydrogen-bond donors (Lipinski definition) is 2. The molecule has 0 amide bonds. The van der Waals surface area contributed by atoms with Crippen LogP contribution in [0.2, 0.25) is 50.9 Å². The molecule has 3 N–H and O–H groups in total. The summed E-state index contributed by atoms with van der Waals surface area (Å²) < 4.78 is 18.8. The molecule has 0 aliphatic carbocycles. The van der Waals surface area contributed by atoms with Crippen LogP contribution >= 0.6 is 0 Å². The Labute approximate surface area is 159 Å². The van der Waals surface area contributed by atoms with Gasteiger partial charge in [0, 0.05) is 6.61 Å². The smallest absolute Gasteiger partial charge is 0.311 e. The summed E-state index contributed by atoms with van der Waals surface area (Å²) in [5.41, 5.74) is 5.75. The molecule has 0 spiro atoms. The lowest BCUT2D eigenvalue weighted by atomic mass is 10.4. The molecule has 5 nitrogen and oxygen atoms in total. The molecule has 0 aliphatic heterocycles. The molecule has 1 unspecified atom stereocenters. The number of unbranched alkanes of at least 4 members (excludes halogenated alkanes) is 1. The fourth-order valence-corrected chi connectivity index (χ4v) is 18.5. The van der Waals surface area contributed by atoms with Crippen LogP contribution in [0, 0.1) is 0 Å². The Morgan fingerprint density at radius 1 is 0.840 bits per heavy atom. The van der Waals surface area contributed by atoms with Crippen LogP contribution in [-0.4, -0.2) is 56.7 Å². The number of ether oxygens (including phenoxy) is 1. The van der Waals surface area contributed by atoms with Gasteiger partial charge in [-0.3, -0.25) is 0 Å². The van der Waals surface area contributed by atoms with E-state index in [-0.39, 0.29) is 6.61 Å². The molecule has 0 saturated carbocycles. The summed E-state index contributed by atoms with van der Waals surface area (Å²) in [4.78, 5) is 0. The van der Waals surface area contributed by atoms with Crippen molar-refractivity contribution >= 4 is 25.2 Å². The molecule has 0 saturated heterocycles. The monoisotopic (exact) mass is 409 g/mol. The van der Waals surface area contributed by atoms with Gasteiger partial charge in [-0.2, -0.15) is 0 Å². The van der Waals surface area contributed by atoms with Crippen LogP contribution in [0.3, 0.4) is 0 Å². The number of rotatable bonds is 16. The summed E-state index contributed by atoms with van der Waals surface area (Å²) in [7, 11) is -5.67. The molecule has 0 fully saturated rings. The highest BCUT2D eigenvalue weighted by Crippen LogP contribution is 2.29. The van der Waals surface area contributed by atoms with Gasteiger partial charge in [-0.05, 0) is 70.3 Å². The van der Waals surface area contributed by atoms with Crippen LogP contribution in [0.15, 0.2) is 0 Å². The third-order valence-electron chi connectivity index (χ3n) is 4.29. The van der Waals surface area contributed by atoms with E-state index in [9.17, 15) is 0 Å². The molecule has 0 rings (SSSR count). The maximum absolute atomic E-state index is 8.75. The quantitative estimate of drug-likeness (QED) is 0.297. The standard InChI is InChI=1S/C17H43NO4Si3/c1-7-8-16-25(6,17-9-11-18)22-24(4,5)21-23(2,3)15-10-13-20-14-12-19/h19H,7-18H2,1-6H3. The average molecular weight is 410 g/mol. The van der Waals surface area contributed by atoms with Crippen LogP contribution in [0.25, 0.3) is 0 Å². The van der Waals surface area contributed by atoms with Crippen molar-refractivity contribution in [3.63, 3.8) is 0 Å². The minimum Gasteiger partial charge on any atom is -0.437 e. The van der Waals surface area contributed by atoms with Gasteiger partial charge in [0.15, 0.2) is 16.6 Å². The van der Waals surface area contributed by atoms with Gasteiger partial charge in [0.25, 0.3) is 0 Å². The van der Waals surface area contributed by atoms with Gasteiger partial charge in [0.2, 0.25) is 0 Å². The van der Waals surface area contributed by atoms with Crippen molar-refractivity contribution in [3.05, 3.63) is 0 Å². The third kappa shape index (κ3) is 13.3. The van der Waals surface area contributed by atoms with Crippen LogP contribution in [0.4, 0.5) is 0 Å². The van der Waals surface area contributed by atoms with Crippen LogP contribution in [0.5, 0.6) is 0 Å². The van der Waals surface area contributed by atoms with Crippen molar-refractivity contribution in [1.29, 1.82) is 0 Å². The first-order valence-electron chi connectivity index (χ1n) is 9.89. The molecule has 25 heavy (non-hydrogen) atoms. The summed E-state index contributed by atoms with van der Waals surface area (Å²) in [6.07, 6.45) is 4.49. The fraction of sp³-hybridized carbons (Fsp3) is 1.00. The molecular formula is C17H43NO4Si3. The van der Waals surface area contributed by atoms with E-state index < -0.39 is 25.2 Å². The van der Waals surface area contributed by atoms with Gasteiger partial charge in [-0.25, -0.2) is 0 Å². The topological polar surface area (TPSA) is 73.9 Å². The van der Waals surface area contributed by atoms with E-state index in [1.165, 1.54) is 18.9 Å². The maximum Gasteiger partial charge on any atom is 0.311 e. The average Bonchev–Trinajstić information content (AvgIpc) is 2.49. The first-order valence-corrected chi connectivity index (χ1v) is 18.6. The van der Waals surface area contributed by atoms with E-state index in [1.54, 1.807) is 0 Å². The molecule has 152 valence electrons.